The van der Waals surface area contributed by atoms with E-state index in [0.717, 1.165) is 67.1 Å². The third-order valence-electron chi connectivity index (χ3n) is 6.39. The van der Waals surface area contributed by atoms with Gasteiger partial charge in [0.1, 0.15) is 0 Å². The van der Waals surface area contributed by atoms with Gasteiger partial charge in [0.2, 0.25) is 11.1 Å². The fourth-order valence-corrected chi connectivity index (χ4v) is 4.55. The van der Waals surface area contributed by atoms with E-state index in [2.05, 4.69) is 47.3 Å². The summed E-state index contributed by atoms with van der Waals surface area (Å²) in [5, 5.41) is 4.56. The van der Waals surface area contributed by atoms with E-state index >= 15 is 0 Å². The molecule has 0 bridgehead atoms. The largest absolute Gasteiger partial charge is 0.369 e. The first-order chi connectivity index (χ1) is 18.4. The predicted octanol–water partition coefficient (Wildman–Crippen LogP) is 6.34. The number of hydrogen-bond acceptors (Lipinski definition) is 5. The molecule has 1 amide bonds. The third kappa shape index (κ3) is 10.5. The van der Waals surface area contributed by atoms with Crippen LogP contribution in [0.25, 0.3) is 0 Å². The van der Waals surface area contributed by atoms with Crippen molar-refractivity contribution in [2.75, 3.05) is 55.6 Å². The molecule has 2 aliphatic heterocycles. The molecule has 2 aromatic carbocycles. The molecule has 0 aliphatic carbocycles. The molecule has 0 radical (unpaired) electrons. The van der Waals surface area contributed by atoms with E-state index in [0.29, 0.717) is 17.2 Å². The molecule has 39 heavy (non-hydrogen) atoms. The molecule has 1 atom stereocenters. The molecule has 1 N–H and O–H groups in total. The Morgan fingerprint density at radius 2 is 1.54 bits per heavy atom. The van der Waals surface area contributed by atoms with Crippen LogP contribution in [-0.2, 0) is 9.59 Å². The average Bonchev–Trinajstić information content (AvgIpc) is 2.90. The van der Waals surface area contributed by atoms with Gasteiger partial charge in [-0.15, -0.1) is 0 Å². The molecule has 0 aromatic heterocycles. The summed E-state index contributed by atoms with van der Waals surface area (Å²) < 4.78 is 0. The van der Waals surface area contributed by atoms with Crippen LogP contribution in [0.2, 0.25) is 10.0 Å². The van der Waals surface area contributed by atoms with Crippen LogP contribution in [-0.4, -0.2) is 67.9 Å². The van der Waals surface area contributed by atoms with Crippen molar-refractivity contribution in [2.24, 2.45) is 0 Å². The first-order valence-electron chi connectivity index (χ1n) is 12.9. The zero-order chi connectivity index (χ0) is 29.1. The number of piperazine rings is 2. The lowest BCUT2D eigenvalue weighted by Crippen LogP contribution is -2.49. The highest BCUT2D eigenvalue weighted by Gasteiger charge is 2.22. The van der Waals surface area contributed by atoms with E-state index in [1.54, 1.807) is 13.8 Å². The van der Waals surface area contributed by atoms with Gasteiger partial charge in [-0.2, -0.15) is 0 Å². The Kier molecular flexibility index (Phi) is 13.4. The molecule has 0 saturated carbocycles. The van der Waals surface area contributed by atoms with Crippen LogP contribution >= 0.6 is 34.8 Å². The number of halogens is 3. The Bertz CT molecular complexity index is 1150. The van der Waals surface area contributed by atoms with Crippen molar-refractivity contribution < 1.29 is 9.59 Å². The highest BCUT2D eigenvalue weighted by atomic mass is 35.5. The molecule has 4 rings (SSSR count). The monoisotopic (exact) mass is 592 g/mol. The minimum Gasteiger partial charge on any atom is -0.369 e. The van der Waals surface area contributed by atoms with E-state index in [9.17, 15) is 9.59 Å². The molecule has 2 aromatic rings. The summed E-state index contributed by atoms with van der Waals surface area (Å²) in [5.41, 5.74) is 4.48. The summed E-state index contributed by atoms with van der Waals surface area (Å²) in [6.07, 6.45) is 0. The number of hydrogen-bond donors (Lipinski definition) is 1. The molecule has 212 valence electrons. The molecule has 6 nitrogen and oxygen atoms in total. The van der Waals surface area contributed by atoms with Crippen LogP contribution < -0.4 is 15.1 Å². The van der Waals surface area contributed by atoms with Gasteiger partial charge in [0.05, 0.1) is 0 Å². The molecular formula is C30H39Cl3N4O2. The Morgan fingerprint density at radius 1 is 0.923 bits per heavy atom. The van der Waals surface area contributed by atoms with Crippen molar-refractivity contribution in [1.82, 2.24) is 10.2 Å². The number of rotatable bonds is 4. The van der Waals surface area contributed by atoms with Crippen LogP contribution in [0.4, 0.5) is 11.4 Å². The molecular weight excluding hydrogens is 555 g/mol. The molecule has 2 heterocycles. The maximum absolute atomic E-state index is 11.8. The van der Waals surface area contributed by atoms with E-state index < -0.39 is 5.24 Å². The predicted molar refractivity (Wildman–Crippen MR) is 167 cm³/mol. The quantitative estimate of drug-likeness (QED) is 0.331. The minimum absolute atomic E-state index is 0.0578. The number of benzene rings is 2. The van der Waals surface area contributed by atoms with E-state index in [4.69, 9.17) is 34.8 Å². The second-order valence-corrected chi connectivity index (χ2v) is 11.0. The van der Waals surface area contributed by atoms with E-state index in [1.807, 2.05) is 42.2 Å². The van der Waals surface area contributed by atoms with Crippen molar-refractivity contribution in [3.05, 3.63) is 82.4 Å². The van der Waals surface area contributed by atoms with Gasteiger partial charge in [-0.1, -0.05) is 48.5 Å². The highest BCUT2D eigenvalue weighted by molar-refractivity contribution is 6.67. The van der Waals surface area contributed by atoms with Crippen LogP contribution in [0.1, 0.15) is 26.3 Å². The molecule has 1 unspecified atom stereocenters. The minimum atomic E-state index is -0.463. The van der Waals surface area contributed by atoms with Gasteiger partial charge in [-0.3, -0.25) is 9.59 Å². The fourth-order valence-electron chi connectivity index (χ4n) is 4.20. The Morgan fingerprint density at radius 3 is 2.08 bits per heavy atom. The van der Waals surface area contributed by atoms with Gasteiger partial charge in [-0.25, -0.2) is 0 Å². The highest BCUT2D eigenvalue weighted by Crippen LogP contribution is 2.27. The lowest BCUT2D eigenvalue weighted by atomic mass is 10.1. The maximum Gasteiger partial charge on any atom is 0.249 e. The zero-order valence-electron chi connectivity index (χ0n) is 23.3. The molecule has 9 heteroatoms. The lowest BCUT2D eigenvalue weighted by Gasteiger charge is -2.37. The second-order valence-electron chi connectivity index (χ2n) is 9.78. The smallest absolute Gasteiger partial charge is 0.249 e. The number of nitrogens with one attached hydrogen (secondary N) is 1. The molecule has 0 spiro atoms. The molecule has 2 fully saturated rings. The van der Waals surface area contributed by atoms with Crippen LogP contribution in [0.3, 0.4) is 0 Å². The number of anilines is 2. The van der Waals surface area contributed by atoms with Crippen molar-refractivity contribution in [3.63, 3.8) is 0 Å². The number of nitrogens with zero attached hydrogens (tertiary/aromatic N) is 3. The van der Waals surface area contributed by atoms with Gasteiger partial charge in [0.15, 0.2) is 0 Å². The van der Waals surface area contributed by atoms with Gasteiger partial charge in [0, 0.05) is 84.4 Å². The maximum atomic E-state index is 11.8. The standard InChI is InChI=1S/C15H19ClN2O.C11H15ClN2.C4H5ClO/c1-11(2)15(19)18-9-7-17(8-10-18)14-6-4-5-13(16)12(14)3;1-9-8-14(6-5-13-9)11-4-2-3-10(12)7-11;1-3(2)4(5)6/h4-6H,1,7-10H2,2-3H3;2-4,7,9,13H,5-6,8H2,1H3;1H2,2H3. The van der Waals surface area contributed by atoms with Crippen LogP contribution in [0.15, 0.2) is 66.8 Å². The van der Waals surface area contributed by atoms with Gasteiger partial charge in [0.25, 0.3) is 0 Å². The summed E-state index contributed by atoms with van der Waals surface area (Å²) >= 11 is 17.0. The van der Waals surface area contributed by atoms with Crippen LogP contribution in [0, 0.1) is 6.92 Å². The van der Waals surface area contributed by atoms with Crippen LogP contribution in [0.5, 0.6) is 0 Å². The Balaban J connectivity index is 0.000000234. The average molecular weight is 594 g/mol. The summed E-state index contributed by atoms with van der Waals surface area (Å²) in [6, 6.07) is 14.6. The normalized spacial score (nSPS) is 16.8. The van der Waals surface area contributed by atoms with Gasteiger partial charge < -0.3 is 20.0 Å². The first kappa shape index (κ1) is 32.7. The summed E-state index contributed by atoms with van der Waals surface area (Å²) in [7, 11) is 0. The Hall–Kier alpha value is -2.51. The van der Waals surface area contributed by atoms with Crippen molar-refractivity contribution >= 4 is 57.3 Å². The number of carbonyl (C=O) groups excluding carboxylic acids is 2. The van der Waals surface area contributed by atoms with Crippen molar-refractivity contribution in [3.8, 4) is 0 Å². The second kappa shape index (κ2) is 15.9. The van der Waals surface area contributed by atoms with Gasteiger partial charge in [-0.05, 0) is 75.2 Å². The van der Waals surface area contributed by atoms with E-state index in [-0.39, 0.29) is 5.91 Å². The van der Waals surface area contributed by atoms with Crippen molar-refractivity contribution in [2.45, 2.75) is 33.7 Å². The summed E-state index contributed by atoms with van der Waals surface area (Å²) in [6.45, 7) is 20.8. The van der Waals surface area contributed by atoms with Crippen molar-refractivity contribution in [1.29, 1.82) is 0 Å². The van der Waals surface area contributed by atoms with Gasteiger partial charge >= 0.3 is 0 Å². The van der Waals surface area contributed by atoms with E-state index in [1.165, 1.54) is 5.69 Å². The lowest BCUT2D eigenvalue weighted by molar-refractivity contribution is -0.127. The zero-order valence-corrected chi connectivity index (χ0v) is 25.5. The molecule has 2 aliphatic rings. The first-order valence-corrected chi connectivity index (χ1v) is 14.1. The number of amides is 1. The third-order valence-corrected chi connectivity index (χ3v) is 7.36. The summed E-state index contributed by atoms with van der Waals surface area (Å²) in [4.78, 5) is 28.2. The molecule has 2 saturated heterocycles. The Labute approximate surface area is 248 Å². The topological polar surface area (TPSA) is 55.9 Å². The SMILES string of the molecule is C=C(C)C(=O)Cl.C=C(C)C(=O)N1CCN(c2cccc(Cl)c2C)CC1.CC1CN(c2cccc(Cl)c2)CCN1. The fraction of sp³-hybridized carbons (Fsp3) is 0.400. The number of carbonyl (C=O) groups is 2. The summed E-state index contributed by atoms with van der Waals surface area (Å²) in [5.74, 6) is 0.0578. The number of allylic oxidation sites excluding steroid dienone is 1.